The van der Waals surface area contributed by atoms with Gasteiger partial charge in [0.15, 0.2) is 0 Å². The maximum Gasteiger partial charge on any atom is 0.240 e. The molecule has 1 amide bonds. The SMILES string of the molecule is CCCCOc1cccc(/C=N/NC(=O)CCCC)c1. The zero-order valence-electron chi connectivity index (χ0n) is 12.4. The molecule has 1 N–H and O–H groups in total. The van der Waals surface area contributed by atoms with Gasteiger partial charge < -0.3 is 4.74 Å². The van der Waals surface area contributed by atoms with Crippen molar-refractivity contribution in [2.45, 2.75) is 46.0 Å². The molecule has 0 aliphatic carbocycles. The minimum Gasteiger partial charge on any atom is -0.494 e. The minimum atomic E-state index is -0.0431. The number of hydrogen-bond donors (Lipinski definition) is 1. The number of rotatable bonds is 9. The van der Waals surface area contributed by atoms with Crippen LogP contribution in [0.2, 0.25) is 0 Å². The summed E-state index contributed by atoms with van der Waals surface area (Å²) in [7, 11) is 0. The second-order valence-electron chi connectivity index (χ2n) is 4.67. The fourth-order valence-electron chi connectivity index (χ4n) is 1.59. The van der Waals surface area contributed by atoms with E-state index in [1.54, 1.807) is 6.21 Å². The van der Waals surface area contributed by atoms with E-state index < -0.39 is 0 Å². The molecule has 0 atom stereocenters. The number of ether oxygens (including phenoxy) is 1. The number of benzene rings is 1. The summed E-state index contributed by atoms with van der Waals surface area (Å²) in [5.74, 6) is 0.790. The molecule has 20 heavy (non-hydrogen) atoms. The molecule has 0 spiro atoms. The first kappa shape index (κ1) is 16.2. The van der Waals surface area contributed by atoms with Gasteiger partial charge in [-0.15, -0.1) is 0 Å². The Balaban J connectivity index is 2.42. The van der Waals surface area contributed by atoms with Gasteiger partial charge in [-0.3, -0.25) is 4.79 Å². The Kier molecular flexibility index (Phi) is 8.11. The fourth-order valence-corrected chi connectivity index (χ4v) is 1.59. The van der Waals surface area contributed by atoms with E-state index in [1.807, 2.05) is 24.3 Å². The third-order valence-electron chi connectivity index (χ3n) is 2.78. The van der Waals surface area contributed by atoms with Gasteiger partial charge in [0, 0.05) is 6.42 Å². The number of hydrogen-bond acceptors (Lipinski definition) is 3. The summed E-state index contributed by atoms with van der Waals surface area (Å²) in [6.07, 6.45) is 6.22. The van der Waals surface area contributed by atoms with E-state index in [0.29, 0.717) is 6.42 Å². The van der Waals surface area contributed by atoms with E-state index in [-0.39, 0.29) is 5.91 Å². The number of hydrazone groups is 1. The molecular formula is C16H24N2O2. The summed E-state index contributed by atoms with van der Waals surface area (Å²) in [6.45, 7) is 4.92. The first-order valence-corrected chi connectivity index (χ1v) is 7.31. The highest BCUT2D eigenvalue weighted by Gasteiger charge is 1.98. The Bertz CT molecular complexity index is 430. The third kappa shape index (κ3) is 6.92. The Morgan fingerprint density at radius 2 is 2.10 bits per heavy atom. The summed E-state index contributed by atoms with van der Waals surface area (Å²) in [5.41, 5.74) is 3.44. The molecule has 0 saturated heterocycles. The molecule has 0 radical (unpaired) electrons. The molecule has 1 aromatic carbocycles. The number of unbranched alkanes of at least 4 members (excludes halogenated alkanes) is 2. The van der Waals surface area contributed by atoms with E-state index in [1.165, 1.54) is 0 Å². The predicted molar refractivity (Wildman–Crippen MR) is 82.1 cm³/mol. The first-order chi connectivity index (χ1) is 9.76. The number of amides is 1. The molecular weight excluding hydrogens is 252 g/mol. The molecule has 0 bridgehead atoms. The van der Waals surface area contributed by atoms with Crippen molar-refractivity contribution in [1.29, 1.82) is 0 Å². The van der Waals surface area contributed by atoms with E-state index in [9.17, 15) is 4.79 Å². The smallest absolute Gasteiger partial charge is 0.240 e. The van der Waals surface area contributed by atoms with Crippen LogP contribution in [0.4, 0.5) is 0 Å². The van der Waals surface area contributed by atoms with E-state index in [4.69, 9.17) is 4.74 Å². The van der Waals surface area contributed by atoms with Gasteiger partial charge in [-0.25, -0.2) is 5.43 Å². The van der Waals surface area contributed by atoms with Gasteiger partial charge >= 0.3 is 0 Å². The van der Waals surface area contributed by atoms with Crippen LogP contribution in [0.5, 0.6) is 5.75 Å². The summed E-state index contributed by atoms with van der Waals surface area (Å²) in [5, 5.41) is 3.95. The molecule has 4 nitrogen and oxygen atoms in total. The highest BCUT2D eigenvalue weighted by Crippen LogP contribution is 2.12. The van der Waals surface area contributed by atoms with Crippen LogP contribution in [0.3, 0.4) is 0 Å². The van der Waals surface area contributed by atoms with Crippen molar-refractivity contribution in [3.05, 3.63) is 29.8 Å². The van der Waals surface area contributed by atoms with Crippen LogP contribution >= 0.6 is 0 Å². The van der Waals surface area contributed by atoms with Gasteiger partial charge in [0.05, 0.1) is 12.8 Å². The Morgan fingerprint density at radius 3 is 2.85 bits per heavy atom. The van der Waals surface area contributed by atoms with Crippen molar-refractivity contribution in [2.24, 2.45) is 5.10 Å². The third-order valence-corrected chi connectivity index (χ3v) is 2.78. The molecule has 0 aliphatic heterocycles. The van der Waals surface area contributed by atoms with Crippen molar-refractivity contribution < 1.29 is 9.53 Å². The average Bonchev–Trinajstić information content (AvgIpc) is 2.46. The van der Waals surface area contributed by atoms with Crippen LogP contribution in [0.1, 0.15) is 51.5 Å². The Hall–Kier alpha value is -1.84. The average molecular weight is 276 g/mol. The van der Waals surface area contributed by atoms with Gasteiger partial charge in [-0.2, -0.15) is 5.10 Å². The summed E-state index contributed by atoms with van der Waals surface area (Å²) in [4.78, 5) is 11.4. The summed E-state index contributed by atoms with van der Waals surface area (Å²) >= 11 is 0. The molecule has 0 saturated carbocycles. The second kappa shape index (κ2) is 10.0. The van der Waals surface area contributed by atoms with Crippen LogP contribution in [-0.4, -0.2) is 18.7 Å². The van der Waals surface area contributed by atoms with Crippen LogP contribution in [0.25, 0.3) is 0 Å². The van der Waals surface area contributed by atoms with Gasteiger partial charge in [-0.1, -0.05) is 38.8 Å². The van der Waals surface area contributed by atoms with Crippen molar-refractivity contribution in [1.82, 2.24) is 5.43 Å². The van der Waals surface area contributed by atoms with Gasteiger partial charge in [0.1, 0.15) is 5.75 Å². The standard InChI is InChI=1S/C16H24N2O2/c1-3-5-10-16(19)18-17-13-14-8-7-9-15(12-14)20-11-6-4-2/h7-9,12-13H,3-6,10-11H2,1-2H3,(H,18,19)/b17-13+. The number of nitrogens with one attached hydrogen (secondary N) is 1. The molecule has 0 unspecified atom stereocenters. The lowest BCUT2D eigenvalue weighted by Gasteiger charge is -2.05. The monoisotopic (exact) mass is 276 g/mol. The normalized spacial score (nSPS) is 10.7. The van der Waals surface area contributed by atoms with Crippen molar-refractivity contribution in [2.75, 3.05) is 6.61 Å². The zero-order chi connectivity index (χ0) is 14.6. The lowest BCUT2D eigenvalue weighted by Crippen LogP contribution is -2.16. The van der Waals surface area contributed by atoms with E-state index >= 15 is 0 Å². The molecule has 110 valence electrons. The molecule has 0 heterocycles. The van der Waals surface area contributed by atoms with E-state index in [2.05, 4.69) is 24.4 Å². The van der Waals surface area contributed by atoms with Crippen LogP contribution < -0.4 is 10.2 Å². The molecule has 0 aromatic heterocycles. The van der Waals surface area contributed by atoms with Crippen LogP contribution in [0.15, 0.2) is 29.4 Å². The van der Waals surface area contributed by atoms with Gasteiger partial charge in [0.2, 0.25) is 5.91 Å². The lowest BCUT2D eigenvalue weighted by molar-refractivity contribution is -0.121. The molecule has 1 aromatic rings. The Labute approximate surface area is 121 Å². The van der Waals surface area contributed by atoms with Crippen LogP contribution in [-0.2, 0) is 4.79 Å². The molecule has 0 aliphatic rings. The zero-order valence-corrected chi connectivity index (χ0v) is 12.4. The fraction of sp³-hybridized carbons (Fsp3) is 0.500. The van der Waals surface area contributed by atoms with Crippen molar-refractivity contribution in [3.8, 4) is 5.75 Å². The minimum absolute atomic E-state index is 0.0431. The molecule has 4 heteroatoms. The largest absolute Gasteiger partial charge is 0.494 e. The molecule has 0 fully saturated rings. The Morgan fingerprint density at radius 1 is 1.30 bits per heavy atom. The van der Waals surface area contributed by atoms with Gasteiger partial charge in [0.25, 0.3) is 0 Å². The number of nitrogens with zero attached hydrogens (tertiary/aromatic N) is 1. The quantitative estimate of drug-likeness (QED) is 0.426. The number of carbonyl (C=O) groups is 1. The maximum absolute atomic E-state index is 11.4. The predicted octanol–water partition coefficient (Wildman–Crippen LogP) is 3.51. The first-order valence-electron chi connectivity index (χ1n) is 7.31. The van der Waals surface area contributed by atoms with Crippen LogP contribution in [0, 0.1) is 0 Å². The van der Waals surface area contributed by atoms with E-state index in [0.717, 1.165) is 43.6 Å². The summed E-state index contributed by atoms with van der Waals surface area (Å²) < 4.78 is 5.62. The summed E-state index contributed by atoms with van der Waals surface area (Å²) in [6, 6.07) is 7.68. The lowest BCUT2D eigenvalue weighted by atomic mass is 10.2. The second-order valence-corrected chi connectivity index (χ2v) is 4.67. The van der Waals surface area contributed by atoms with Crippen molar-refractivity contribution in [3.63, 3.8) is 0 Å². The highest BCUT2D eigenvalue weighted by molar-refractivity contribution is 5.82. The topological polar surface area (TPSA) is 50.7 Å². The van der Waals surface area contributed by atoms with Gasteiger partial charge in [-0.05, 0) is 30.5 Å². The number of carbonyl (C=O) groups excluding carboxylic acids is 1. The van der Waals surface area contributed by atoms with Crippen molar-refractivity contribution >= 4 is 12.1 Å². The highest BCUT2D eigenvalue weighted by atomic mass is 16.5. The molecule has 1 rings (SSSR count). The maximum atomic E-state index is 11.4.